The normalized spacial score (nSPS) is 12.8. The van der Waals surface area contributed by atoms with Gasteiger partial charge in [0.25, 0.3) is 5.82 Å². The van der Waals surface area contributed by atoms with E-state index in [-0.39, 0.29) is 11.6 Å². The fourth-order valence-electron chi connectivity index (χ4n) is 4.97. The quantitative estimate of drug-likeness (QED) is 0.211. The zero-order valence-electron chi connectivity index (χ0n) is 20.4. The van der Waals surface area contributed by atoms with Crippen molar-refractivity contribution in [3.05, 3.63) is 52.6 Å². The van der Waals surface area contributed by atoms with Crippen LogP contribution in [0.4, 0.5) is 0 Å². The summed E-state index contributed by atoms with van der Waals surface area (Å²) in [6.45, 7) is 8.17. The van der Waals surface area contributed by atoms with Gasteiger partial charge >= 0.3 is 0 Å². The standard InChI is InChI=1S/C28H41N2O2/c1-4-6-8-10-12-16-20-29-22(3)30(21-17-13-11-9-7-5-2)26-25(29)27(31)23-18-14-15-19-24(23)28(26)32/h14-15,18-19H,4-13,16-17,20-21H2,1-3H3/q+1. The Balaban J connectivity index is 1.83. The lowest BCUT2D eigenvalue weighted by Crippen LogP contribution is -2.43. The van der Waals surface area contributed by atoms with Crippen molar-refractivity contribution in [2.45, 2.75) is 111 Å². The number of ketones is 2. The molecule has 0 radical (unpaired) electrons. The molecule has 0 aliphatic heterocycles. The number of hydrogen-bond donors (Lipinski definition) is 0. The number of rotatable bonds is 14. The van der Waals surface area contributed by atoms with E-state index in [1.165, 1.54) is 64.2 Å². The first-order valence-electron chi connectivity index (χ1n) is 12.9. The molecule has 174 valence electrons. The Morgan fingerprint density at radius 3 is 1.88 bits per heavy atom. The average molecular weight is 438 g/mol. The van der Waals surface area contributed by atoms with Crippen LogP contribution in [0.1, 0.15) is 129 Å². The number of carbonyl (C=O) groups excluding carboxylic acids is 2. The van der Waals surface area contributed by atoms with Crippen LogP contribution in [0.5, 0.6) is 0 Å². The smallest absolute Gasteiger partial charge is 0.254 e. The molecule has 3 rings (SSSR count). The molecule has 1 aromatic heterocycles. The van der Waals surface area contributed by atoms with Crippen LogP contribution in [0, 0.1) is 6.92 Å². The molecule has 0 amide bonds. The van der Waals surface area contributed by atoms with E-state index in [4.69, 9.17) is 0 Å². The third kappa shape index (κ3) is 5.39. The summed E-state index contributed by atoms with van der Waals surface area (Å²) in [5.74, 6) is 1.06. The zero-order chi connectivity index (χ0) is 22.9. The highest BCUT2D eigenvalue weighted by molar-refractivity contribution is 6.26. The maximum atomic E-state index is 13.5. The van der Waals surface area contributed by atoms with Crippen molar-refractivity contribution in [3.8, 4) is 0 Å². The van der Waals surface area contributed by atoms with Gasteiger partial charge in [0.15, 0.2) is 0 Å². The molecule has 0 saturated carbocycles. The van der Waals surface area contributed by atoms with Crippen LogP contribution in [-0.2, 0) is 13.1 Å². The lowest BCUT2D eigenvalue weighted by Gasteiger charge is -2.13. The van der Waals surface area contributed by atoms with Crippen molar-refractivity contribution in [1.29, 1.82) is 0 Å². The van der Waals surface area contributed by atoms with Crippen LogP contribution in [0.3, 0.4) is 0 Å². The van der Waals surface area contributed by atoms with Crippen molar-refractivity contribution in [2.75, 3.05) is 0 Å². The highest BCUT2D eigenvalue weighted by Crippen LogP contribution is 2.27. The molecule has 0 fully saturated rings. The Kier molecular flexibility index (Phi) is 9.25. The van der Waals surface area contributed by atoms with E-state index < -0.39 is 0 Å². The number of imidazole rings is 1. The molecule has 1 aliphatic carbocycles. The molecule has 1 aliphatic rings. The third-order valence-electron chi connectivity index (χ3n) is 6.86. The van der Waals surface area contributed by atoms with Crippen molar-refractivity contribution in [2.24, 2.45) is 0 Å². The number of carbonyl (C=O) groups is 2. The SMILES string of the molecule is CCCCCCCCn1c2c([n+](CCCCCCCC)c1C)C(=O)c1ccccc1C2=O. The second-order valence-corrected chi connectivity index (χ2v) is 9.29. The minimum absolute atomic E-state index is 0.00554. The summed E-state index contributed by atoms with van der Waals surface area (Å²) in [6.07, 6.45) is 14.6. The van der Waals surface area contributed by atoms with E-state index in [2.05, 4.69) is 29.9 Å². The Labute approximate surface area is 194 Å². The molecular formula is C28H41N2O2+. The number of aromatic nitrogens is 2. The van der Waals surface area contributed by atoms with Crippen LogP contribution in [-0.4, -0.2) is 16.1 Å². The zero-order valence-corrected chi connectivity index (χ0v) is 20.4. The van der Waals surface area contributed by atoms with E-state index in [9.17, 15) is 9.59 Å². The number of benzene rings is 1. The molecule has 0 atom stereocenters. The predicted octanol–water partition coefficient (Wildman–Crippen LogP) is 6.58. The van der Waals surface area contributed by atoms with Gasteiger partial charge in [-0.1, -0.05) is 89.5 Å². The Hall–Kier alpha value is -2.23. The summed E-state index contributed by atoms with van der Waals surface area (Å²) in [7, 11) is 0. The highest BCUT2D eigenvalue weighted by Gasteiger charge is 2.42. The lowest BCUT2D eigenvalue weighted by atomic mass is 9.90. The Morgan fingerprint density at radius 1 is 0.719 bits per heavy atom. The second-order valence-electron chi connectivity index (χ2n) is 9.29. The molecule has 1 aromatic carbocycles. The Bertz CT molecular complexity index is 853. The van der Waals surface area contributed by atoms with E-state index in [1.807, 2.05) is 12.1 Å². The predicted molar refractivity (Wildman–Crippen MR) is 129 cm³/mol. The molecule has 4 heteroatoms. The molecule has 0 saturated heterocycles. The summed E-state index contributed by atoms with van der Waals surface area (Å²) in [6, 6.07) is 7.31. The number of unbranched alkanes of at least 4 members (excludes halogenated alkanes) is 10. The molecule has 2 aromatic rings. The van der Waals surface area contributed by atoms with Gasteiger partial charge < -0.3 is 0 Å². The van der Waals surface area contributed by atoms with Crippen LogP contribution in [0.15, 0.2) is 24.3 Å². The average Bonchev–Trinajstić information content (AvgIpc) is 3.08. The van der Waals surface area contributed by atoms with Gasteiger partial charge in [0.1, 0.15) is 0 Å². The Morgan fingerprint density at radius 2 is 1.25 bits per heavy atom. The largest absolute Gasteiger partial charge is 0.284 e. The fraction of sp³-hybridized carbons (Fsp3) is 0.607. The van der Waals surface area contributed by atoms with Gasteiger partial charge in [-0.15, -0.1) is 0 Å². The van der Waals surface area contributed by atoms with Crippen molar-refractivity contribution >= 4 is 11.6 Å². The first-order valence-corrected chi connectivity index (χ1v) is 12.9. The van der Waals surface area contributed by atoms with Crippen molar-refractivity contribution in [1.82, 2.24) is 4.57 Å². The van der Waals surface area contributed by atoms with Gasteiger partial charge in [-0.25, -0.2) is 9.13 Å². The van der Waals surface area contributed by atoms with Crippen LogP contribution >= 0.6 is 0 Å². The van der Waals surface area contributed by atoms with E-state index in [0.717, 1.165) is 31.8 Å². The number of hydrogen-bond acceptors (Lipinski definition) is 2. The van der Waals surface area contributed by atoms with Crippen LogP contribution < -0.4 is 4.57 Å². The van der Waals surface area contributed by atoms with E-state index in [1.54, 1.807) is 12.1 Å². The molecule has 1 heterocycles. The topological polar surface area (TPSA) is 43.0 Å². The van der Waals surface area contributed by atoms with Gasteiger partial charge in [0.2, 0.25) is 23.0 Å². The van der Waals surface area contributed by atoms with Gasteiger partial charge in [-0.05, 0) is 25.7 Å². The molecule has 4 nitrogen and oxygen atoms in total. The number of fused-ring (bicyclic) bond motifs is 2. The summed E-state index contributed by atoms with van der Waals surface area (Å²) >= 11 is 0. The van der Waals surface area contributed by atoms with Gasteiger partial charge in [0.05, 0.1) is 13.1 Å². The van der Waals surface area contributed by atoms with E-state index >= 15 is 0 Å². The molecule has 0 bridgehead atoms. The van der Waals surface area contributed by atoms with Crippen molar-refractivity contribution < 1.29 is 14.2 Å². The molecule has 0 spiro atoms. The van der Waals surface area contributed by atoms with Gasteiger partial charge in [0, 0.05) is 18.1 Å². The molecule has 0 unspecified atom stereocenters. The van der Waals surface area contributed by atoms with E-state index in [0.29, 0.717) is 22.5 Å². The minimum atomic E-state index is 0.00554. The van der Waals surface area contributed by atoms with Gasteiger partial charge in [-0.3, -0.25) is 9.59 Å². The summed E-state index contributed by atoms with van der Waals surface area (Å²) < 4.78 is 4.28. The third-order valence-corrected chi connectivity index (χ3v) is 6.86. The lowest BCUT2D eigenvalue weighted by molar-refractivity contribution is -0.704. The second kappa shape index (κ2) is 12.1. The van der Waals surface area contributed by atoms with Gasteiger partial charge in [-0.2, -0.15) is 0 Å². The molecule has 0 N–H and O–H groups in total. The monoisotopic (exact) mass is 437 g/mol. The molecular weight excluding hydrogens is 396 g/mol. The highest BCUT2D eigenvalue weighted by atomic mass is 16.1. The maximum Gasteiger partial charge on any atom is 0.254 e. The number of nitrogens with zero attached hydrogens (tertiary/aromatic N) is 2. The summed E-state index contributed by atoms with van der Waals surface area (Å²) in [5, 5.41) is 0. The summed E-state index contributed by atoms with van der Waals surface area (Å²) in [4.78, 5) is 27.0. The first kappa shape index (κ1) is 24.4. The van der Waals surface area contributed by atoms with Crippen LogP contribution in [0.2, 0.25) is 0 Å². The fourth-order valence-corrected chi connectivity index (χ4v) is 4.97. The van der Waals surface area contributed by atoms with Crippen molar-refractivity contribution in [3.63, 3.8) is 0 Å². The minimum Gasteiger partial charge on any atom is -0.284 e. The maximum absolute atomic E-state index is 13.5. The van der Waals surface area contributed by atoms with Crippen LogP contribution in [0.25, 0.3) is 0 Å². The first-order chi connectivity index (χ1) is 15.6. The summed E-state index contributed by atoms with van der Waals surface area (Å²) in [5.41, 5.74) is 2.34. The molecule has 32 heavy (non-hydrogen) atoms.